The van der Waals surface area contributed by atoms with E-state index in [1.807, 2.05) is 0 Å². The molecule has 2 aliphatic rings. The Hall–Kier alpha value is -0.300. The molecule has 1 saturated carbocycles. The van der Waals surface area contributed by atoms with Gasteiger partial charge in [-0.05, 0) is 47.6 Å². The van der Waals surface area contributed by atoms with Gasteiger partial charge in [0.05, 0.1) is 0 Å². The predicted octanol–water partition coefficient (Wildman–Crippen LogP) is 4.63. The van der Waals surface area contributed by atoms with Gasteiger partial charge in [-0.25, -0.2) is 0 Å². The van der Waals surface area contributed by atoms with Crippen molar-refractivity contribution in [2.24, 2.45) is 5.92 Å². The molecule has 0 spiro atoms. The predicted molar refractivity (Wildman–Crippen MR) is 72.3 cm³/mol. The molecule has 1 aromatic carbocycles. The lowest BCUT2D eigenvalue weighted by Gasteiger charge is -2.37. The van der Waals surface area contributed by atoms with E-state index in [1.54, 1.807) is 11.1 Å². The van der Waals surface area contributed by atoms with E-state index in [4.69, 9.17) is 0 Å². The van der Waals surface area contributed by atoms with Gasteiger partial charge in [-0.2, -0.15) is 0 Å². The van der Waals surface area contributed by atoms with Crippen molar-refractivity contribution in [3.63, 3.8) is 0 Å². The fraction of sp³-hybridized carbons (Fsp3) is 0.600. The molecule has 1 fully saturated rings. The Kier molecular flexibility index (Phi) is 2.43. The van der Waals surface area contributed by atoms with Crippen molar-refractivity contribution >= 4 is 15.9 Å². The lowest BCUT2D eigenvalue weighted by Crippen LogP contribution is -2.31. The Labute approximate surface area is 107 Å². The molecule has 0 N–H and O–H groups in total. The van der Waals surface area contributed by atoms with Crippen molar-refractivity contribution in [1.29, 1.82) is 0 Å². The highest BCUT2D eigenvalue weighted by atomic mass is 79.9. The van der Waals surface area contributed by atoms with Gasteiger partial charge in [-0.3, -0.25) is 0 Å². The molecule has 16 heavy (non-hydrogen) atoms. The molecule has 1 aromatic rings. The molecule has 0 nitrogen and oxygen atoms in total. The van der Waals surface area contributed by atoms with Crippen LogP contribution in [0.5, 0.6) is 0 Å². The van der Waals surface area contributed by atoms with Crippen LogP contribution in [0.4, 0.5) is 0 Å². The van der Waals surface area contributed by atoms with Gasteiger partial charge in [-0.15, -0.1) is 0 Å². The molecule has 2 unspecified atom stereocenters. The lowest BCUT2D eigenvalue weighted by molar-refractivity contribution is 0.239. The third-order valence-corrected chi connectivity index (χ3v) is 5.60. The fourth-order valence-corrected chi connectivity index (χ4v) is 4.56. The first-order valence-electron chi connectivity index (χ1n) is 6.34. The van der Waals surface area contributed by atoms with Gasteiger partial charge in [0.1, 0.15) is 0 Å². The molecule has 0 bridgehead atoms. The van der Waals surface area contributed by atoms with Crippen molar-refractivity contribution in [3.8, 4) is 0 Å². The van der Waals surface area contributed by atoms with Gasteiger partial charge < -0.3 is 0 Å². The molecule has 0 amide bonds. The average Bonchev–Trinajstić information content (AvgIpc) is 2.49. The minimum atomic E-state index is 0.369. The highest BCUT2D eigenvalue weighted by molar-refractivity contribution is 9.09. The Morgan fingerprint density at radius 3 is 2.75 bits per heavy atom. The zero-order valence-corrected chi connectivity index (χ0v) is 11.6. The van der Waals surface area contributed by atoms with Crippen LogP contribution in [0.15, 0.2) is 24.3 Å². The van der Waals surface area contributed by atoms with E-state index in [9.17, 15) is 0 Å². The molecular weight excluding hydrogens is 260 g/mol. The smallest absolute Gasteiger partial charge is 0.0149 e. The minimum Gasteiger partial charge on any atom is -0.0891 e. The first-order valence-corrected chi connectivity index (χ1v) is 7.25. The monoisotopic (exact) mass is 278 g/mol. The second-order valence-corrected chi connectivity index (χ2v) is 7.23. The van der Waals surface area contributed by atoms with E-state index < -0.39 is 0 Å². The van der Waals surface area contributed by atoms with E-state index in [1.165, 1.54) is 19.3 Å². The second-order valence-electron chi connectivity index (χ2n) is 5.93. The molecule has 0 heterocycles. The molecule has 1 heteroatoms. The van der Waals surface area contributed by atoms with E-state index in [-0.39, 0.29) is 0 Å². The van der Waals surface area contributed by atoms with Gasteiger partial charge in [0.15, 0.2) is 0 Å². The minimum absolute atomic E-state index is 0.369. The summed E-state index contributed by atoms with van der Waals surface area (Å²) in [6, 6.07) is 9.11. The SMILES string of the molecule is CC1(C)c2ccccc2[C@H]2CCC(Br)CC21. The molecule has 2 aliphatic carbocycles. The van der Waals surface area contributed by atoms with Crippen LogP contribution in [0.3, 0.4) is 0 Å². The van der Waals surface area contributed by atoms with Crippen LogP contribution in [-0.2, 0) is 5.41 Å². The van der Waals surface area contributed by atoms with Crippen LogP contribution in [0.2, 0.25) is 0 Å². The van der Waals surface area contributed by atoms with Crippen LogP contribution < -0.4 is 0 Å². The van der Waals surface area contributed by atoms with E-state index >= 15 is 0 Å². The molecule has 0 radical (unpaired) electrons. The first kappa shape index (κ1) is 10.8. The molecule has 0 saturated heterocycles. The van der Waals surface area contributed by atoms with Crippen LogP contribution in [0.25, 0.3) is 0 Å². The molecular formula is C15H19Br. The Morgan fingerprint density at radius 2 is 1.94 bits per heavy atom. The summed E-state index contributed by atoms with van der Waals surface area (Å²) in [5.41, 5.74) is 3.61. The van der Waals surface area contributed by atoms with Crippen molar-refractivity contribution in [1.82, 2.24) is 0 Å². The Balaban J connectivity index is 2.08. The van der Waals surface area contributed by atoms with Crippen molar-refractivity contribution < 1.29 is 0 Å². The normalized spacial score (nSPS) is 35.6. The molecule has 0 aromatic heterocycles. The average molecular weight is 279 g/mol. The number of halogens is 1. The quantitative estimate of drug-likeness (QED) is 0.608. The summed E-state index contributed by atoms with van der Waals surface area (Å²) in [5, 5.41) is 0. The second kappa shape index (κ2) is 3.60. The maximum atomic E-state index is 3.82. The third kappa shape index (κ3) is 1.40. The number of hydrogen-bond acceptors (Lipinski definition) is 0. The summed E-state index contributed by atoms with van der Waals surface area (Å²) in [7, 11) is 0. The van der Waals surface area contributed by atoms with Crippen LogP contribution in [-0.4, -0.2) is 4.83 Å². The lowest BCUT2D eigenvalue weighted by atomic mass is 9.70. The molecule has 3 atom stereocenters. The first-order chi connectivity index (χ1) is 7.60. The summed E-state index contributed by atoms with van der Waals surface area (Å²) in [6.07, 6.45) is 4.04. The van der Waals surface area contributed by atoms with Crippen molar-refractivity contribution in [2.45, 2.75) is 49.3 Å². The number of fused-ring (bicyclic) bond motifs is 3. The van der Waals surface area contributed by atoms with E-state index in [0.717, 1.165) is 16.7 Å². The Morgan fingerprint density at radius 1 is 1.19 bits per heavy atom. The number of benzene rings is 1. The molecule has 0 aliphatic heterocycles. The highest BCUT2D eigenvalue weighted by Gasteiger charge is 2.47. The molecule has 86 valence electrons. The zero-order chi connectivity index (χ0) is 11.3. The van der Waals surface area contributed by atoms with Gasteiger partial charge in [0.25, 0.3) is 0 Å². The van der Waals surface area contributed by atoms with Crippen LogP contribution >= 0.6 is 15.9 Å². The standard InChI is InChI=1S/C15H19Br/c1-15(2)13-6-4-3-5-11(13)12-8-7-10(16)9-14(12)15/h3-6,10,12,14H,7-9H2,1-2H3/t10?,12-,14?/m1/s1. The van der Waals surface area contributed by atoms with Gasteiger partial charge in [-0.1, -0.05) is 54.0 Å². The van der Waals surface area contributed by atoms with Gasteiger partial charge in [0, 0.05) is 4.83 Å². The largest absolute Gasteiger partial charge is 0.0891 e. The summed E-state index contributed by atoms with van der Waals surface area (Å²) in [5.74, 6) is 1.66. The Bertz CT molecular complexity index is 408. The number of alkyl halides is 1. The van der Waals surface area contributed by atoms with Gasteiger partial charge in [0.2, 0.25) is 0 Å². The number of rotatable bonds is 0. The van der Waals surface area contributed by atoms with Crippen molar-refractivity contribution in [3.05, 3.63) is 35.4 Å². The topological polar surface area (TPSA) is 0 Å². The van der Waals surface area contributed by atoms with Gasteiger partial charge >= 0.3 is 0 Å². The maximum absolute atomic E-state index is 3.82. The maximum Gasteiger partial charge on any atom is 0.0149 e. The third-order valence-electron chi connectivity index (χ3n) is 4.77. The van der Waals surface area contributed by atoms with E-state index in [0.29, 0.717) is 5.41 Å². The van der Waals surface area contributed by atoms with Crippen LogP contribution in [0, 0.1) is 5.92 Å². The fourth-order valence-electron chi connectivity index (χ4n) is 3.90. The zero-order valence-electron chi connectivity index (χ0n) is 10.0. The summed E-state index contributed by atoms with van der Waals surface area (Å²) < 4.78 is 0. The summed E-state index contributed by atoms with van der Waals surface area (Å²) in [4.78, 5) is 0.738. The van der Waals surface area contributed by atoms with Crippen LogP contribution in [0.1, 0.15) is 50.2 Å². The summed E-state index contributed by atoms with van der Waals surface area (Å²) in [6.45, 7) is 4.86. The van der Waals surface area contributed by atoms with E-state index in [2.05, 4.69) is 54.0 Å². The molecule has 3 rings (SSSR count). The highest BCUT2D eigenvalue weighted by Crippen LogP contribution is 2.56. The summed E-state index contributed by atoms with van der Waals surface area (Å²) >= 11 is 3.82. The van der Waals surface area contributed by atoms with Crippen molar-refractivity contribution in [2.75, 3.05) is 0 Å². The number of hydrogen-bond donors (Lipinski definition) is 0.